The van der Waals surface area contributed by atoms with Crippen LogP contribution < -0.4 is 15.8 Å². The maximum Gasteiger partial charge on any atom is 0.258 e. The van der Waals surface area contributed by atoms with Crippen LogP contribution in [0.4, 0.5) is 0 Å². The fourth-order valence-corrected chi connectivity index (χ4v) is 1.46. The minimum absolute atomic E-state index is 0.00345. The van der Waals surface area contributed by atoms with Gasteiger partial charge < -0.3 is 15.8 Å². The summed E-state index contributed by atoms with van der Waals surface area (Å²) in [4.78, 5) is 12.0. The van der Waals surface area contributed by atoms with Crippen molar-refractivity contribution < 1.29 is 9.53 Å². The van der Waals surface area contributed by atoms with Crippen LogP contribution in [-0.2, 0) is 4.79 Å². The molecule has 0 spiro atoms. The molecule has 4 nitrogen and oxygen atoms in total. The third-order valence-electron chi connectivity index (χ3n) is 2.90. The van der Waals surface area contributed by atoms with Gasteiger partial charge in [-0.05, 0) is 37.1 Å². The van der Waals surface area contributed by atoms with E-state index in [1.807, 2.05) is 6.92 Å². The van der Waals surface area contributed by atoms with Gasteiger partial charge in [-0.2, -0.15) is 0 Å². The fraction of sp³-hybridized carbons (Fsp3) is 0.429. The van der Waals surface area contributed by atoms with Crippen LogP contribution in [0.1, 0.15) is 26.3 Å². The fourth-order valence-electron chi connectivity index (χ4n) is 1.33. The molecule has 1 atom stereocenters. The average molecular weight is 280 g/mol. The molecule has 104 valence electrons. The molecule has 5 heteroatoms. The first-order valence-corrected chi connectivity index (χ1v) is 6.63. The number of thiocarbonyl (C=S) groups is 1. The molecule has 0 fully saturated rings. The van der Waals surface area contributed by atoms with E-state index in [-0.39, 0.29) is 18.6 Å². The molecule has 0 aliphatic rings. The Morgan fingerprint density at radius 1 is 1.32 bits per heavy atom. The summed E-state index contributed by atoms with van der Waals surface area (Å²) < 4.78 is 5.39. The van der Waals surface area contributed by atoms with Gasteiger partial charge in [-0.3, -0.25) is 4.79 Å². The lowest BCUT2D eigenvalue weighted by atomic mass is 10.1. The van der Waals surface area contributed by atoms with Crippen molar-refractivity contribution in [2.45, 2.75) is 26.8 Å². The average Bonchev–Trinajstić information content (AvgIpc) is 2.36. The second kappa shape index (κ2) is 7.09. The van der Waals surface area contributed by atoms with Gasteiger partial charge in [-0.1, -0.05) is 26.1 Å². The van der Waals surface area contributed by atoms with Crippen LogP contribution in [0.5, 0.6) is 5.75 Å². The Hall–Kier alpha value is -1.62. The summed E-state index contributed by atoms with van der Waals surface area (Å²) in [5.74, 6) is 0.890. The molecule has 0 radical (unpaired) electrons. The number of rotatable bonds is 6. The van der Waals surface area contributed by atoms with Crippen LogP contribution in [0.2, 0.25) is 0 Å². The lowest BCUT2D eigenvalue weighted by Gasteiger charge is -2.17. The molecule has 0 aromatic heterocycles. The van der Waals surface area contributed by atoms with Gasteiger partial charge in [-0.25, -0.2) is 0 Å². The standard InChI is InChI=1S/C14H20N2O2S/c1-9(2)10(3)16-13(17)8-18-12-6-4-11(5-7-12)14(15)19/h4-7,9-10H,8H2,1-3H3,(H2,15,19)(H,16,17). The zero-order chi connectivity index (χ0) is 14.4. The van der Waals surface area contributed by atoms with E-state index in [1.54, 1.807) is 24.3 Å². The minimum Gasteiger partial charge on any atom is -0.484 e. The van der Waals surface area contributed by atoms with Crippen molar-refractivity contribution in [1.29, 1.82) is 0 Å². The highest BCUT2D eigenvalue weighted by molar-refractivity contribution is 7.80. The lowest BCUT2D eigenvalue weighted by Crippen LogP contribution is -2.38. The number of hydrogen-bond donors (Lipinski definition) is 2. The van der Waals surface area contributed by atoms with E-state index in [0.29, 0.717) is 16.7 Å². The van der Waals surface area contributed by atoms with E-state index in [1.165, 1.54) is 0 Å². The molecule has 1 aromatic carbocycles. The molecule has 1 rings (SSSR count). The Balaban J connectivity index is 2.44. The number of hydrogen-bond acceptors (Lipinski definition) is 3. The van der Waals surface area contributed by atoms with Gasteiger partial charge in [0.2, 0.25) is 0 Å². The van der Waals surface area contributed by atoms with Crippen LogP contribution in [0, 0.1) is 5.92 Å². The molecule has 3 N–H and O–H groups in total. The van der Waals surface area contributed by atoms with E-state index in [4.69, 9.17) is 22.7 Å². The second-order valence-electron chi connectivity index (χ2n) is 4.78. The SMILES string of the molecule is CC(C)C(C)NC(=O)COc1ccc(C(N)=S)cc1. The summed E-state index contributed by atoms with van der Waals surface area (Å²) in [6.07, 6.45) is 0. The first-order valence-electron chi connectivity index (χ1n) is 6.22. The van der Waals surface area contributed by atoms with Crippen molar-refractivity contribution >= 4 is 23.1 Å². The van der Waals surface area contributed by atoms with Gasteiger partial charge in [0.15, 0.2) is 6.61 Å². The minimum atomic E-state index is -0.125. The Morgan fingerprint density at radius 3 is 2.37 bits per heavy atom. The number of nitrogens with one attached hydrogen (secondary N) is 1. The molecule has 1 aromatic rings. The number of carbonyl (C=O) groups is 1. The van der Waals surface area contributed by atoms with Crippen molar-refractivity contribution in [2.75, 3.05) is 6.61 Å². The third kappa shape index (κ3) is 5.26. The van der Waals surface area contributed by atoms with Crippen molar-refractivity contribution in [1.82, 2.24) is 5.32 Å². The quantitative estimate of drug-likeness (QED) is 0.781. The zero-order valence-corrected chi connectivity index (χ0v) is 12.3. The Kier molecular flexibility index (Phi) is 5.76. The number of amides is 1. The second-order valence-corrected chi connectivity index (χ2v) is 5.22. The monoisotopic (exact) mass is 280 g/mol. The summed E-state index contributed by atoms with van der Waals surface area (Å²) in [6.45, 7) is 6.09. The molecular formula is C14H20N2O2S. The topological polar surface area (TPSA) is 64.3 Å². The molecule has 1 amide bonds. The van der Waals surface area contributed by atoms with Crippen LogP contribution >= 0.6 is 12.2 Å². The summed E-state index contributed by atoms with van der Waals surface area (Å²) in [5, 5.41) is 2.87. The summed E-state index contributed by atoms with van der Waals surface area (Å²) in [6, 6.07) is 7.16. The highest BCUT2D eigenvalue weighted by Crippen LogP contribution is 2.12. The van der Waals surface area contributed by atoms with Crippen molar-refractivity contribution in [3.63, 3.8) is 0 Å². The van der Waals surface area contributed by atoms with Crippen LogP contribution in [0.15, 0.2) is 24.3 Å². The first kappa shape index (κ1) is 15.4. The Labute approximate surface area is 119 Å². The van der Waals surface area contributed by atoms with Crippen LogP contribution in [-0.4, -0.2) is 23.5 Å². The highest BCUT2D eigenvalue weighted by atomic mass is 32.1. The molecule has 19 heavy (non-hydrogen) atoms. The van der Waals surface area contributed by atoms with Crippen molar-refractivity contribution in [3.8, 4) is 5.75 Å². The number of ether oxygens (including phenoxy) is 1. The van der Waals surface area contributed by atoms with E-state index in [2.05, 4.69) is 19.2 Å². The van der Waals surface area contributed by atoms with Crippen LogP contribution in [0.25, 0.3) is 0 Å². The predicted molar refractivity (Wildman–Crippen MR) is 80.3 cm³/mol. The smallest absolute Gasteiger partial charge is 0.258 e. The number of nitrogens with two attached hydrogens (primary N) is 1. The molecular weight excluding hydrogens is 260 g/mol. The molecule has 0 saturated carbocycles. The summed E-state index contributed by atoms with van der Waals surface area (Å²) in [5.41, 5.74) is 6.27. The van der Waals surface area contributed by atoms with Crippen LogP contribution in [0.3, 0.4) is 0 Å². The first-order chi connectivity index (χ1) is 8.90. The van der Waals surface area contributed by atoms with E-state index >= 15 is 0 Å². The summed E-state index contributed by atoms with van der Waals surface area (Å²) >= 11 is 4.86. The van der Waals surface area contributed by atoms with Gasteiger partial charge in [-0.15, -0.1) is 0 Å². The third-order valence-corrected chi connectivity index (χ3v) is 3.13. The molecule has 0 aliphatic heterocycles. The molecule has 0 bridgehead atoms. The van der Waals surface area contributed by atoms with Gasteiger partial charge in [0.1, 0.15) is 10.7 Å². The Bertz CT molecular complexity index is 443. The maximum atomic E-state index is 11.6. The van der Waals surface area contributed by atoms with E-state index in [0.717, 1.165) is 5.56 Å². The van der Waals surface area contributed by atoms with Crippen molar-refractivity contribution in [3.05, 3.63) is 29.8 Å². The van der Waals surface area contributed by atoms with Gasteiger partial charge in [0.05, 0.1) is 0 Å². The molecule has 1 unspecified atom stereocenters. The Morgan fingerprint density at radius 2 is 1.89 bits per heavy atom. The summed E-state index contributed by atoms with van der Waals surface area (Å²) in [7, 11) is 0. The van der Waals surface area contributed by atoms with E-state index < -0.39 is 0 Å². The number of benzene rings is 1. The predicted octanol–water partition coefficient (Wildman–Crippen LogP) is 1.86. The molecule has 0 heterocycles. The largest absolute Gasteiger partial charge is 0.484 e. The van der Waals surface area contributed by atoms with E-state index in [9.17, 15) is 4.79 Å². The molecule has 0 aliphatic carbocycles. The molecule has 0 saturated heterocycles. The van der Waals surface area contributed by atoms with Crippen molar-refractivity contribution in [2.24, 2.45) is 11.7 Å². The van der Waals surface area contributed by atoms with Gasteiger partial charge in [0.25, 0.3) is 5.91 Å². The van der Waals surface area contributed by atoms with Gasteiger partial charge in [0, 0.05) is 11.6 Å². The zero-order valence-electron chi connectivity index (χ0n) is 11.5. The van der Waals surface area contributed by atoms with Gasteiger partial charge >= 0.3 is 0 Å². The normalized spacial score (nSPS) is 12.0. The lowest BCUT2D eigenvalue weighted by molar-refractivity contribution is -0.124. The number of carbonyl (C=O) groups excluding carboxylic acids is 1. The maximum absolute atomic E-state index is 11.6. The highest BCUT2D eigenvalue weighted by Gasteiger charge is 2.11.